The molecule has 2 aromatic rings. The number of hydrogen-bond acceptors (Lipinski definition) is 6. The van der Waals surface area contributed by atoms with Crippen molar-refractivity contribution in [1.82, 2.24) is 10.3 Å². The van der Waals surface area contributed by atoms with E-state index >= 15 is 0 Å². The fourth-order valence-corrected chi connectivity index (χ4v) is 3.10. The van der Waals surface area contributed by atoms with Crippen LogP contribution in [0.4, 0.5) is 4.39 Å². The van der Waals surface area contributed by atoms with E-state index in [1.807, 2.05) is 5.38 Å². The van der Waals surface area contributed by atoms with Gasteiger partial charge in [0.1, 0.15) is 11.9 Å². The van der Waals surface area contributed by atoms with Crippen LogP contribution in [0.25, 0.3) is 0 Å². The van der Waals surface area contributed by atoms with Crippen LogP contribution in [-0.2, 0) is 9.53 Å². The van der Waals surface area contributed by atoms with E-state index in [2.05, 4.69) is 31.2 Å². The second kappa shape index (κ2) is 6.59. The highest BCUT2D eigenvalue weighted by Gasteiger charge is 2.29. The third-order valence-corrected chi connectivity index (χ3v) is 4.50. The number of thiazole rings is 1. The summed E-state index contributed by atoms with van der Waals surface area (Å²) in [5.74, 6) is -0.532. The number of benzene rings is 1. The van der Waals surface area contributed by atoms with Crippen LogP contribution in [0.15, 0.2) is 51.0 Å². The number of aromatic nitrogens is 1. The zero-order valence-corrected chi connectivity index (χ0v) is 14.3. The van der Waals surface area contributed by atoms with Gasteiger partial charge in [-0.2, -0.15) is 0 Å². The predicted octanol–water partition coefficient (Wildman–Crippen LogP) is 3.19. The number of nitrogens with zero attached hydrogens (tertiary/aromatic N) is 2. The highest BCUT2D eigenvalue weighted by molar-refractivity contribution is 9.10. The molecule has 1 aliphatic rings. The molecule has 0 saturated carbocycles. The molecule has 5 nitrogen and oxygen atoms in total. The second-order valence-corrected chi connectivity index (χ2v) is 6.43. The number of nitrogens with one attached hydrogen (secondary N) is 1. The molecule has 0 bridgehead atoms. The van der Waals surface area contributed by atoms with Gasteiger partial charge in [-0.1, -0.05) is 22.0 Å². The quantitative estimate of drug-likeness (QED) is 0.810. The minimum Gasteiger partial charge on any atom is -0.466 e. The summed E-state index contributed by atoms with van der Waals surface area (Å²) in [6.07, 6.45) is 3.14. The molecule has 3 rings (SSSR count). The van der Waals surface area contributed by atoms with E-state index in [1.165, 1.54) is 30.7 Å². The summed E-state index contributed by atoms with van der Waals surface area (Å²) < 4.78 is 19.7. The molecule has 1 atom stereocenters. The lowest BCUT2D eigenvalue weighted by Crippen LogP contribution is -2.28. The fourth-order valence-electron chi connectivity index (χ4n) is 2.17. The number of rotatable bonds is 3. The largest absolute Gasteiger partial charge is 0.466 e. The molecule has 1 aromatic carbocycles. The van der Waals surface area contributed by atoms with Crippen molar-refractivity contribution in [3.8, 4) is 0 Å². The van der Waals surface area contributed by atoms with E-state index in [0.717, 1.165) is 0 Å². The van der Waals surface area contributed by atoms with Crippen molar-refractivity contribution in [2.75, 3.05) is 7.11 Å². The lowest BCUT2D eigenvalue weighted by Gasteiger charge is -2.22. The Bertz CT molecular complexity index is 805. The Morgan fingerprint density at radius 1 is 1.48 bits per heavy atom. The summed E-state index contributed by atoms with van der Waals surface area (Å²) in [4.78, 5) is 20.6. The molecule has 0 spiro atoms. The van der Waals surface area contributed by atoms with Crippen molar-refractivity contribution >= 4 is 39.1 Å². The Morgan fingerprint density at radius 2 is 2.30 bits per heavy atom. The van der Waals surface area contributed by atoms with Gasteiger partial charge in [0.15, 0.2) is 10.8 Å². The molecule has 8 heteroatoms. The predicted molar refractivity (Wildman–Crippen MR) is 88.7 cm³/mol. The monoisotopic (exact) mass is 395 g/mol. The van der Waals surface area contributed by atoms with Gasteiger partial charge in [0.05, 0.1) is 12.7 Å². The van der Waals surface area contributed by atoms with E-state index in [1.54, 1.807) is 18.3 Å². The van der Waals surface area contributed by atoms with Crippen LogP contribution in [0.1, 0.15) is 16.6 Å². The molecule has 118 valence electrons. The zero-order valence-electron chi connectivity index (χ0n) is 11.9. The van der Waals surface area contributed by atoms with Gasteiger partial charge in [0.25, 0.3) is 0 Å². The first kappa shape index (κ1) is 15.8. The molecule has 23 heavy (non-hydrogen) atoms. The van der Waals surface area contributed by atoms with Crippen molar-refractivity contribution in [2.24, 2.45) is 4.99 Å². The molecular weight excluding hydrogens is 385 g/mol. The Hall–Kier alpha value is -2.06. The molecule has 0 saturated heterocycles. The van der Waals surface area contributed by atoms with Gasteiger partial charge < -0.3 is 10.1 Å². The van der Waals surface area contributed by atoms with Crippen molar-refractivity contribution in [2.45, 2.75) is 6.04 Å². The van der Waals surface area contributed by atoms with Gasteiger partial charge in [-0.3, -0.25) is 4.99 Å². The summed E-state index contributed by atoms with van der Waals surface area (Å²) in [5.41, 5.74) is 0.523. The van der Waals surface area contributed by atoms with Gasteiger partial charge in [0, 0.05) is 27.8 Å². The molecule has 0 unspecified atom stereocenters. The summed E-state index contributed by atoms with van der Waals surface area (Å²) in [6, 6.07) is 3.84. The number of ether oxygens (including phenoxy) is 1. The lowest BCUT2D eigenvalue weighted by atomic mass is 9.98. The van der Waals surface area contributed by atoms with E-state index in [0.29, 0.717) is 20.9 Å². The average Bonchev–Trinajstić information content (AvgIpc) is 3.08. The second-order valence-electron chi connectivity index (χ2n) is 4.62. The summed E-state index contributed by atoms with van der Waals surface area (Å²) >= 11 is 4.62. The van der Waals surface area contributed by atoms with Crippen LogP contribution in [-0.4, -0.2) is 23.9 Å². The summed E-state index contributed by atoms with van der Waals surface area (Å²) in [5, 5.41) is 5.39. The van der Waals surface area contributed by atoms with Crippen molar-refractivity contribution < 1.29 is 13.9 Å². The topological polar surface area (TPSA) is 63.6 Å². The van der Waals surface area contributed by atoms with Crippen LogP contribution in [0, 0.1) is 5.82 Å². The maximum absolute atomic E-state index is 14.3. The summed E-state index contributed by atoms with van der Waals surface area (Å²) in [7, 11) is 1.28. The first-order valence-corrected chi connectivity index (χ1v) is 8.25. The molecule has 0 amide bonds. The molecule has 0 radical (unpaired) electrons. The van der Waals surface area contributed by atoms with Crippen LogP contribution < -0.4 is 5.32 Å². The highest BCUT2D eigenvalue weighted by Crippen LogP contribution is 2.32. The van der Waals surface area contributed by atoms with Gasteiger partial charge in [0.2, 0.25) is 0 Å². The molecule has 1 aromatic heterocycles. The van der Waals surface area contributed by atoms with E-state index in [9.17, 15) is 9.18 Å². The molecule has 2 heterocycles. The average molecular weight is 396 g/mol. The molecular formula is C15H11BrFN3O2S. The van der Waals surface area contributed by atoms with Gasteiger partial charge in [-0.05, 0) is 12.1 Å². The number of halogens is 2. The fraction of sp³-hybridized carbons (Fsp3) is 0.133. The maximum Gasteiger partial charge on any atom is 0.337 e. The number of aliphatic imine (C=N–C) groups is 1. The van der Waals surface area contributed by atoms with E-state index in [4.69, 9.17) is 4.74 Å². The third-order valence-electron chi connectivity index (χ3n) is 3.23. The number of hydrogen-bond donors (Lipinski definition) is 1. The minimum atomic E-state index is -0.796. The van der Waals surface area contributed by atoms with Gasteiger partial charge in [-0.15, -0.1) is 11.3 Å². The van der Waals surface area contributed by atoms with Gasteiger partial charge >= 0.3 is 5.97 Å². The highest BCUT2D eigenvalue weighted by atomic mass is 79.9. The number of esters is 1. The van der Waals surface area contributed by atoms with Crippen molar-refractivity contribution in [1.29, 1.82) is 0 Å². The number of carbonyl (C=O) groups is 1. The lowest BCUT2D eigenvalue weighted by molar-refractivity contribution is -0.136. The Kier molecular flexibility index (Phi) is 4.53. The summed E-state index contributed by atoms with van der Waals surface area (Å²) in [6.45, 7) is 0. The molecule has 0 aliphatic carbocycles. The number of methoxy groups -OCH3 is 1. The van der Waals surface area contributed by atoms with Crippen molar-refractivity contribution in [3.63, 3.8) is 0 Å². The molecule has 0 fully saturated rings. The van der Waals surface area contributed by atoms with Crippen LogP contribution in [0.2, 0.25) is 0 Å². The first-order chi connectivity index (χ1) is 11.1. The molecule has 1 N–H and O–H groups in total. The Morgan fingerprint density at radius 3 is 2.96 bits per heavy atom. The van der Waals surface area contributed by atoms with Crippen molar-refractivity contribution in [3.05, 3.63) is 62.4 Å². The van der Waals surface area contributed by atoms with E-state index in [-0.39, 0.29) is 5.57 Å². The third kappa shape index (κ3) is 3.18. The van der Waals surface area contributed by atoms with Crippen LogP contribution >= 0.6 is 27.3 Å². The Labute approximate surface area is 144 Å². The van der Waals surface area contributed by atoms with Crippen LogP contribution in [0.5, 0.6) is 0 Å². The minimum absolute atomic E-state index is 0.231. The SMILES string of the molecule is COC(=O)C1=CNC(c2nccs2)=N[C@H]1c1ccc(Br)cc1F. The normalized spacial score (nSPS) is 17.1. The molecule has 1 aliphatic heterocycles. The maximum atomic E-state index is 14.3. The van der Waals surface area contributed by atoms with Gasteiger partial charge in [-0.25, -0.2) is 14.2 Å². The smallest absolute Gasteiger partial charge is 0.337 e. The number of amidine groups is 1. The van der Waals surface area contributed by atoms with E-state index < -0.39 is 17.8 Å². The van der Waals surface area contributed by atoms with Crippen LogP contribution in [0.3, 0.4) is 0 Å². The number of carbonyl (C=O) groups excluding carboxylic acids is 1. The first-order valence-electron chi connectivity index (χ1n) is 6.57. The Balaban J connectivity index is 2.07. The zero-order chi connectivity index (χ0) is 16.4. The standard InChI is InChI=1S/C15H11BrFN3O2S/c1-22-15(21)10-7-19-13(14-18-4-5-23-14)20-12(10)9-3-2-8(16)6-11(9)17/h2-7,12H,1H3,(H,19,20)/t12-/m0/s1.